The van der Waals surface area contributed by atoms with Gasteiger partial charge in [0.25, 0.3) is 0 Å². The molecule has 2 unspecified atom stereocenters. The number of rotatable bonds is 6. The molecule has 2 N–H and O–H groups in total. The Morgan fingerprint density at radius 2 is 2.31 bits per heavy atom. The maximum atomic E-state index is 10.7. The Hall–Kier alpha value is -1.42. The van der Waals surface area contributed by atoms with Gasteiger partial charge in [-0.25, -0.2) is 0 Å². The van der Waals surface area contributed by atoms with E-state index in [1.54, 1.807) is 13.1 Å². The lowest BCUT2D eigenvalue weighted by Gasteiger charge is -2.17. The van der Waals surface area contributed by atoms with Crippen molar-refractivity contribution in [3.05, 3.63) is 30.1 Å². The number of carboxylic acids is 1. The average molecular weight is 222 g/mol. The number of aromatic nitrogens is 1. The molecule has 1 rings (SSSR count). The van der Waals surface area contributed by atoms with Crippen LogP contribution >= 0.6 is 0 Å². The van der Waals surface area contributed by atoms with Crippen LogP contribution in [0.1, 0.15) is 19.4 Å². The average Bonchev–Trinajstić information content (AvgIpc) is 2.29. The van der Waals surface area contributed by atoms with Gasteiger partial charge < -0.3 is 10.4 Å². The number of carboxylic acid groups (broad SMARTS) is 1. The lowest BCUT2D eigenvalue weighted by atomic mass is 10.0. The molecule has 16 heavy (non-hydrogen) atoms. The van der Waals surface area contributed by atoms with E-state index >= 15 is 0 Å². The zero-order valence-corrected chi connectivity index (χ0v) is 9.68. The summed E-state index contributed by atoms with van der Waals surface area (Å²) in [6.45, 7) is 4.37. The maximum absolute atomic E-state index is 10.7. The van der Waals surface area contributed by atoms with Crippen molar-refractivity contribution in [2.45, 2.75) is 26.3 Å². The molecule has 2 atom stereocenters. The van der Waals surface area contributed by atoms with Crippen LogP contribution < -0.4 is 5.32 Å². The van der Waals surface area contributed by atoms with Crippen LogP contribution in [0.4, 0.5) is 0 Å². The third-order valence-corrected chi connectivity index (χ3v) is 2.74. The van der Waals surface area contributed by atoms with Gasteiger partial charge in [-0.15, -0.1) is 0 Å². The van der Waals surface area contributed by atoms with Crippen LogP contribution in [0.15, 0.2) is 24.5 Å². The number of pyridine rings is 1. The van der Waals surface area contributed by atoms with Crippen LogP contribution in [0, 0.1) is 5.92 Å². The molecule has 0 spiro atoms. The molecule has 0 radical (unpaired) electrons. The summed E-state index contributed by atoms with van der Waals surface area (Å²) in [5, 5.41) is 12.0. The van der Waals surface area contributed by atoms with E-state index in [1.165, 1.54) is 0 Å². The summed E-state index contributed by atoms with van der Waals surface area (Å²) in [5.41, 5.74) is 1.16. The molecule has 1 heterocycles. The normalized spacial score (nSPS) is 14.4. The van der Waals surface area contributed by atoms with E-state index in [1.807, 2.05) is 25.3 Å². The van der Waals surface area contributed by atoms with E-state index in [-0.39, 0.29) is 12.0 Å². The first kappa shape index (κ1) is 12.6. The van der Waals surface area contributed by atoms with E-state index in [4.69, 9.17) is 5.11 Å². The number of carbonyl (C=O) groups is 1. The molecule has 0 saturated carbocycles. The number of nitrogens with zero attached hydrogens (tertiary/aromatic N) is 1. The molecule has 88 valence electrons. The van der Waals surface area contributed by atoms with Crippen LogP contribution in [0.3, 0.4) is 0 Å². The summed E-state index contributed by atoms with van der Waals surface area (Å²) >= 11 is 0. The smallest absolute Gasteiger partial charge is 0.307 e. The second-order valence-electron chi connectivity index (χ2n) is 3.98. The molecule has 0 fully saturated rings. The Kier molecular flexibility index (Phi) is 4.92. The zero-order valence-electron chi connectivity index (χ0n) is 9.68. The van der Waals surface area contributed by atoms with Crippen molar-refractivity contribution in [2.24, 2.45) is 5.92 Å². The number of hydrogen-bond donors (Lipinski definition) is 2. The Morgan fingerprint density at radius 3 is 2.88 bits per heavy atom. The van der Waals surface area contributed by atoms with E-state index in [0.29, 0.717) is 0 Å². The van der Waals surface area contributed by atoms with Crippen molar-refractivity contribution in [1.29, 1.82) is 0 Å². The van der Waals surface area contributed by atoms with E-state index in [2.05, 4.69) is 10.3 Å². The molecule has 0 aromatic carbocycles. The van der Waals surface area contributed by atoms with Crippen molar-refractivity contribution in [3.8, 4) is 0 Å². The highest BCUT2D eigenvalue weighted by Crippen LogP contribution is 2.02. The summed E-state index contributed by atoms with van der Waals surface area (Å²) in [4.78, 5) is 14.7. The third-order valence-electron chi connectivity index (χ3n) is 2.74. The predicted molar refractivity (Wildman–Crippen MR) is 62.2 cm³/mol. The fraction of sp³-hybridized carbons (Fsp3) is 0.500. The quantitative estimate of drug-likeness (QED) is 0.762. The highest BCUT2D eigenvalue weighted by atomic mass is 16.4. The molecule has 0 saturated heterocycles. The van der Waals surface area contributed by atoms with Gasteiger partial charge in [-0.3, -0.25) is 9.78 Å². The van der Waals surface area contributed by atoms with Crippen molar-refractivity contribution in [1.82, 2.24) is 10.3 Å². The minimum atomic E-state index is -0.763. The second kappa shape index (κ2) is 6.23. The number of nitrogens with one attached hydrogen (secondary N) is 1. The molecule has 0 aliphatic heterocycles. The van der Waals surface area contributed by atoms with E-state index in [9.17, 15) is 4.79 Å². The molecule has 1 aromatic rings. The van der Waals surface area contributed by atoms with Gasteiger partial charge in [0.2, 0.25) is 0 Å². The third kappa shape index (κ3) is 3.98. The zero-order chi connectivity index (χ0) is 12.0. The minimum Gasteiger partial charge on any atom is -0.481 e. The molecular weight excluding hydrogens is 204 g/mol. The lowest BCUT2D eigenvalue weighted by molar-refractivity contribution is -0.141. The van der Waals surface area contributed by atoms with Gasteiger partial charge in [0, 0.05) is 18.4 Å². The molecule has 4 heteroatoms. The van der Waals surface area contributed by atoms with Crippen LogP contribution in [0.2, 0.25) is 0 Å². The number of hydrogen-bond acceptors (Lipinski definition) is 3. The standard InChI is InChI=1S/C12H18N2O2/c1-9(12(15)16)10(2)14-7-5-11-4-3-6-13-8-11/h3-4,6,8-10,14H,5,7H2,1-2H3,(H,15,16). The van der Waals surface area contributed by atoms with Crippen LogP contribution in [-0.2, 0) is 11.2 Å². The van der Waals surface area contributed by atoms with Crippen LogP contribution in [0.5, 0.6) is 0 Å². The van der Waals surface area contributed by atoms with Crippen molar-refractivity contribution < 1.29 is 9.90 Å². The summed E-state index contributed by atoms with van der Waals surface area (Å²) in [7, 11) is 0. The van der Waals surface area contributed by atoms with E-state index in [0.717, 1.165) is 18.5 Å². The predicted octanol–water partition coefficient (Wildman–Crippen LogP) is 1.32. The summed E-state index contributed by atoms with van der Waals surface area (Å²) < 4.78 is 0. The highest BCUT2D eigenvalue weighted by molar-refractivity contribution is 5.70. The van der Waals surface area contributed by atoms with Gasteiger partial charge >= 0.3 is 5.97 Å². The van der Waals surface area contributed by atoms with Gasteiger partial charge in [0.05, 0.1) is 5.92 Å². The molecule has 0 aliphatic rings. The van der Waals surface area contributed by atoms with Gasteiger partial charge in [0.1, 0.15) is 0 Å². The molecule has 1 aromatic heterocycles. The fourth-order valence-electron chi connectivity index (χ4n) is 1.38. The second-order valence-corrected chi connectivity index (χ2v) is 3.98. The van der Waals surface area contributed by atoms with Gasteiger partial charge in [-0.2, -0.15) is 0 Å². The minimum absolute atomic E-state index is 0.0193. The van der Waals surface area contributed by atoms with Gasteiger partial charge in [0.15, 0.2) is 0 Å². The largest absolute Gasteiger partial charge is 0.481 e. The Morgan fingerprint density at radius 1 is 1.56 bits per heavy atom. The summed E-state index contributed by atoms with van der Waals surface area (Å²) in [5.74, 6) is -1.13. The maximum Gasteiger partial charge on any atom is 0.307 e. The van der Waals surface area contributed by atoms with Gasteiger partial charge in [-0.05, 0) is 31.5 Å². The lowest BCUT2D eigenvalue weighted by Crippen LogP contribution is -2.37. The highest BCUT2D eigenvalue weighted by Gasteiger charge is 2.18. The molecule has 4 nitrogen and oxygen atoms in total. The first-order chi connectivity index (χ1) is 7.61. The van der Waals surface area contributed by atoms with E-state index < -0.39 is 5.97 Å². The summed E-state index contributed by atoms with van der Waals surface area (Å²) in [6.07, 6.45) is 4.43. The van der Waals surface area contributed by atoms with Crippen LogP contribution in [0.25, 0.3) is 0 Å². The Balaban J connectivity index is 2.28. The Labute approximate surface area is 95.7 Å². The fourth-order valence-corrected chi connectivity index (χ4v) is 1.38. The monoisotopic (exact) mass is 222 g/mol. The SMILES string of the molecule is CC(NCCc1cccnc1)C(C)C(=O)O. The van der Waals surface area contributed by atoms with Crippen molar-refractivity contribution in [2.75, 3.05) is 6.54 Å². The van der Waals surface area contributed by atoms with Crippen molar-refractivity contribution in [3.63, 3.8) is 0 Å². The molecule has 0 amide bonds. The summed E-state index contributed by atoms with van der Waals surface area (Å²) in [6, 6.07) is 3.90. The Bertz CT molecular complexity index is 327. The van der Waals surface area contributed by atoms with Crippen molar-refractivity contribution >= 4 is 5.97 Å². The molecule has 0 bridgehead atoms. The number of aliphatic carboxylic acids is 1. The van der Waals surface area contributed by atoms with Crippen LogP contribution in [-0.4, -0.2) is 28.6 Å². The topological polar surface area (TPSA) is 62.2 Å². The van der Waals surface area contributed by atoms with Gasteiger partial charge in [-0.1, -0.05) is 13.0 Å². The molecular formula is C12H18N2O2. The first-order valence-corrected chi connectivity index (χ1v) is 5.46. The molecule has 0 aliphatic carbocycles. The first-order valence-electron chi connectivity index (χ1n) is 5.46.